The molecule has 1 unspecified atom stereocenters. The molecule has 1 rings (SSSR count). The molecule has 0 aromatic rings. The molecule has 8 heteroatoms. The second-order valence-corrected chi connectivity index (χ2v) is 3.75. The van der Waals surface area contributed by atoms with Crippen molar-refractivity contribution in [2.45, 2.75) is 36.6 Å². The number of amides is 1. The Labute approximate surface area is 90.9 Å². The summed E-state index contributed by atoms with van der Waals surface area (Å²) in [5.41, 5.74) is 4.84. The second kappa shape index (κ2) is 4.62. The van der Waals surface area contributed by atoms with Crippen LogP contribution in [0.15, 0.2) is 0 Å². The fourth-order valence-electron chi connectivity index (χ4n) is 1.62. The van der Waals surface area contributed by atoms with Gasteiger partial charge in [0.15, 0.2) is 0 Å². The molecule has 8 nitrogen and oxygen atoms in total. The van der Waals surface area contributed by atoms with Crippen LogP contribution in [0.2, 0.25) is 0 Å². The van der Waals surface area contributed by atoms with Crippen LogP contribution in [0, 0.1) is 0 Å². The normalized spacial score (nSPS) is 44.3. The van der Waals surface area contributed by atoms with Gasteiger partial charge in [0.1, 0.15) is 24.4 Å². The molecule has 0 spiro atoms. The quantitative estimate of drug-likeness (QED) is 0.292. The van der Waals surface area contributed by atoms with E-state index in [4.69, 9.17) is 15.6 Å². The van der Waals surface area contributed by atoms with E-state index in [0.717, 1.165) is 0 Å². The maximum absolute atomic E-state index is 10.7. The van der Waals surface area contributed by atoms with Crippen LogP contribution in [-0.4, -0.2) is 68.2 Å². The number of nitrogens with two attached hydrogens (primary N) is 1. The van der Waals surface area contributed by atoms with Crippen LogP contribution in [0.3, 0.4) is 0 Å². The van der Waals surface area contributed by atoms with E-state index in [1.807, 2.05) is 0 Å². The number of aliphatic hydroxyl groups is 5. The summed E-state index contributed by atoms with van der Waals surface area (Å²) in [7, 11) is 0. The lowest BCUT2D eigenvalue weighted by Gasteiger charge is -2.44. The van der Waals surface area contributed by atoms with Gasteiger partial charge in [0, 0.05) is 0 Å². The highest BCUT2D eigenvalue weighted by Gasteiger charge is 2.53. The molecule has 1 aliphatic heterocycles. The number of rotatable bonds is 3. The average molecular weight is 237 g/mol. The molecule has 5 atom stereocenters. The molecule has 0 aliphatic carbocycles. The fourth-order valence-corrected chi connectivity index (χ4v) is 1.62. The van der Waals surface area contributed by atoms with Gasteiger partial charge in [-0.05, 0) is 0 Å². The molecule has 1 heterocycles. The Bertz CT molecular complexity index is 271. The third kappa shape index (κ3) is 2.32. The maximum atomic E-state index is 10.7. The number of ether oxygens (including phenoxy) is 1. The van der Waals surface area contributed by atoms with Crippen LogP contribution in [0.5, 0.6) is 0 Å². The van der Waals surface area contributed by atoms with Gasteiger partial charge >= 0.3 is 0 Å². The van der Waals surface area contributed by atoms with Gasteiger partial charge < -0.3 is 36.0 Å². The summed E-state index contributed by atoms with van der Waals surface area (Å²) in [5, 5.41) is 46.8. The van der Waals surface area contributed by atoms with Crippen molar-refractivity contribution in [2.75, 3.05) is 6.61 Å². The highest BCUT2D eigenvalue weighted by molar-refractivity contribution is 5.74. The Morgan fingerprint density at radius 1 is 1.31 bits per heavy atom. The molecule has 1 amide bonds. The summed E-state index contributed by atoms with van der Waals surface area (Å²) in [4.78, 5) is 10.7. The van der Waals surface area contributed by atoms with Gasteiger partial charge in [-0.3, -0.25) is 4.79 Å². The lowest BCUT2D eigenvalue weighted by molar-refractivity contribution is -0.347. The first-order valence-electron chi connectivity index (χ1n) is 4.65. The standard InChI is InChI=1S/C8H15NO7/c9-4(11)1-8(15)7(14)6(13)5(12)3(2-10)16-8/h3,5-7,10,12-15H,1-2H2,(H2,9,11)/t3-,5-,6+,7-,8?/m1/s1. The molecule has 1 saturated heterocycles. The molecule has 16 heavy (non-hydrogen) atoms. The fraction of sp³-hybridized carbons (Fsp3) is 0.875. The number of hydrogen-bond acceptors (Lipinski definition) is 7. The number of primary amides is 1. The summed E-state index contributed by atoms with van der Waals surface area (Å²) in [6.07, 6.45) is -7.25. The van der Waals surface area contributed by atoms with Gasteiger partial charge in [-0.2, -0.15) is 0 Å². The van der Waals surface area contributed by atoms with Crippen LogP contribution in [0.4, 0.5) is 0 Å². The largest absolute Gasteiger partial charge is 0.394 e. The lowest BCUT2D eigenvalue weighted by Crippen LogP contribution is -2.65. The molecular formula is C8H15NO7. The van der Waals surface area contributed by atoms with Crippen LogP contribution in [-0.2, 0) is 9.53 Å². The molecule has 0 saturated carbocycles. The van der Waals surface area contributed by atoms with Crippen LogP contribution in [0.25, 0.3) is 0 Å². The number of aliphatic hydroxyl groups excluding tert-OH is 4. The van der Waals surface area contributed by atoms with Crippen LogP contribution < -0.4 is 5.73 Å². The van der Waals surface area contributed by atoms with Crippen molar-refractivity contribution in [3.8, 4) is 0 Å². The van der Waals surface area contributed by atoms with Crippen molar-refractivity contribution in [3.63, 3.8) is 0 Å². The highest BCUT2D eigenvalue weighted by atomic mass is 16.7. The first-order valence-corrected chi connectivity index (χ1v) is 4.65. The van der Waals surface area contributed by atoms with Crippen LogP contribution >= 0.6 is 0 Å². The van der Waals surface area contributed by atoms with E-state index in [1.165, 1.54) is 0 Å². The van der Waals surface area contributed by atoms with E-state index >= 15 is 0 Å². The third-order valence-corrected chi connectivity index (χ3v) is 2.48. The van der Waals surface area contributed by atoms with E-state index < -0.39 is 49.1 Å². The zero-order chi connectivity index (χ0) is 12.5. The lowest BCUT2D eigenvalue weighted by atomic mass is 9.90. The van der Waals surface area contributed by atoms with Crippen molar-refractivity contribution in [2.24, 2.45) is 5.73 Å². The zero-order valence-corrected chi connectivity index (χ0v) is 8.35. The van der Waals surface area contributed by atoms with Gasteiger partial charge in [0.2, 0.25) is 11.7 Å². The first kappa shape index (κ1) is 13.3. The molecule has 1 fully saturated rings. The third-order valence-electron chi connectivity index (χ3n) is 2.48. The summed E-state index contributed by atoms with van der Waals surface area (Å²) in [6.45, 7) is -0.688. The maximum Gasteiger partial charge on any atom is 0.222 e. The van der Waals surface area contributed by atoms with Gasteiger partial charge in [-0.15, -0.1) is 0 Å². The Balaban J connectivity index is 2.89. The van der Waals surface area contributed by atoms with Crippen LogP contribution in [0.1, 0.15) is 6.42 Å². The Morgan fingerprint density at radius 2 is 1.88 bits per heavy atom. The van der Waals surface area contributed by atoms with Gasteiger partial charge in [-0.25, -0.2) is 0 Å². The van der Waals surface area contributed by atoms with E-state index in [0.29, 0.717) is 0 Å². The van der Waals surface area contributed by atoms with Gasteiger partial charge in [-0.1, -0.05) is 0 Å². The minimum Gasteiger partial charge on any atom is -0.394 e. The second-order valence-electron chi connectivity index (χ2n) is 3.75. The van der Waals surface area contributed by atoms with Crippen molar-refractivity contribution < 1.29 is 35.1 Å². The Morgan fingerprint density at radius 3 is 2.31 bits per heavy atom. The first-order chi connectivity index (χ1) is 7.31. The molecule has 0 aromatic heterocycles. The SMILES string of the molecule is NC(=O)CC1(O)O[C@H](CO)[C@@H](O)[C@H](O)[C@H]1O. The molecule has 94 valence electrons. The van der Waals surface area contributed by atoms with Gasteiger partial charge in [0.05, 0.1) is 13.0 Å². The minimum atomic E-state index is -2.40. The number of hydrogen-bond donors (Lipinski definition) is 6. The topological polar surface area (TPSA) is 153 Å². The average Bonchev–Trinajstić information content (AvgIpc) is 2.20. The van der Waals surface area contributed by atoms with E-state index in [1.54, 1.807) is 0 Å². The monoisotopic (exact) mass is 237 g/mol. The number of carbonyl (C=O) groups excluding carboxylic acids is 1. The summed E-state index contributed by atoms with van der Waals surface area (Å²) < 4.78 is 4.77. The summed E-state index contributed by atoms with van der Waals surface area (Å²) in [6, 6.07) is 0. The summed E-state index contributed by atoms with van der Waals surface area (Å²) >= 11 is 0. The minimum absolute atomic E-state index is 0.688. The van der Waals surface area contributed by atoms with Gasteiger partial charge in [0.25, 0.3) is 0 Å². The Kier molecular flexibility index (Phi) is 3.84. The molecule has 7 N–H and O–H groups in total. The number of carbonyl (C=O) groups is 1. The van der Waals surface area contributed by atoms with E-state index in [2.05, 4.69) is 0 Å². The predicted molar refractivity (Wildman–Crippen MR) is 48.7 cm³/mol. The smallest absolute Gasteiger partial charge is 0.222 e. The summed E-state index contributed by atoms with van der Waals surface area (Å²) in [5.74, 6) is -3.36. The van der Waals surface area contributed by atoms with E-state index in [-0.39, 0.29) is 0 Å². The molecular weight excluding hydrogens is 222 g/mol. The van der Waals surface area contributed by atoms with Crippen molar-refractivity contribution in [1.82, 2.24) is 0 Å². The zero-order valence-electron chi connectivity index (χ0n) is 8.35. The highest BCUT2D eigenvalue weighted by Crippen LogP contribution is 2.30. The van der Waals surface area contributed by atoms with E-state index in [9.17, 15) is 25.2 Å². The molecule has 0 radical (unpaired) electrons. The molecule has 1 aliphatic rings. The predicted octanol–water partition coefficient (Wildman–Crippen LogP) is -3.98. The van der Waals surface area contributed by atoms with Crippen molar-refractivity contribution in [3.05, 3.63) is 0 Å². The molecule has 0 bridgehead atoms. The molecule has 0 aromatic carbocycles. The Hall–Kier alpha value is -0.770. The van der Waals surface area contributed by atoms with Crippen molar-refractivity contribution >= 4 is 5.91 Å². The van der Waals surface area contributed by atoms with Crippen molar-refractivity contribution in [1.29, 1.82) is 0 Å².